The van der Waals surface area contributed by atoms with Gasteiger partial charge in [0.15, 0.2) is 0 Å². The smallest absolute Gasteiger partial charge is 0.410 e. The quantitative estimate of drug-likeness (QED) is 0.644. The summed E-state index contributed by atoms with van der Waals surface area (Å²) in [7, 11) is 1.80. The zero-order valence-corrected chi connectivity index (χ0v) is 21.0. The van der Waals surface area contributed by atoms with Gasteiger partial charge in [-0.25, -0.2) is 14.6 Å². The van der Waals surface area contributed by atoms with Gasteiger partial charge in [0.05, 0.1) is 22.6 Å². The molecule has 0 saturated carbocycles. The molecule has 0 spiro atoms. The summed E-state index contributed by atoms with van der Waals surface area (Å²) < 4.78 is 5.55. The van der Waals surface area contributed by atoms with Gasteiger partial charge in [0.2, 0.25) is 0 Å². The summed E-state index contributed by atoms with van der Waals surface area (Å²) in [5.74, 6) is -0.972. The predicted octanol–water partition coefficient (Wildman–Crippen LogP) is 4.98. The molecule has 8 nitrogen and oxygen atoms in total. The van der Waals surface area contributed by atoms with Gasteiger partial charge in [-0.3, -0.25) is 4.90 Å². The average Bonchev–Trinajstić information content (AvgIpc) is 2.82. The van der Waals surface area contributed by atoms with Crippen LogP contribution in [0.3, 0.4) is 0 Å². The number of ether oxygens (including phenoxy) is 1. The van der Waals surface area contributed by atoms with Gasteiger partial charge < -0.3 is 20.1 Å². The van der Waals surface area contributed by atoms with Crippen LogP contribution in [0.4, 0.5) is 16.2 Å². The molecule has 0 bridgehead atoms. The van der Waals surface area contributed by atoms with Gasteiger partial charge in [-0.15, -0.1) is 0 Å². The third-order valence-electron chi connectivity index (χ3n) is 6.69. The third kappa shape index (κ3) is 5.17. The Morgan fingerprint density at radius 1 is 1.14 bits per heavy atom. The zero-order chi connectivity index (χ0) is 25.4. The third-order valence-corrected chi connectivity index (χ3v) is 6.69. The lowest BCUT2D eigenvalue weighted by Crippen LogP contribution is -2.62. The maximum Gasteiger partial charge on any atom is 0.410 e. The molecule has 186 valence electrons. The lowest BCUT2D eigenvalue weighted by atomic mass is 9.90. The van der Waals surface area contributed by atoms with Crippen molar-refractivity contribution in [1.82, 2.24) is 9.80 Å². The van der Waals surface area contributed by atoms with Gasteiger partial charge in [0.25, 0.3) is 0 Å². The molecule has 2 aliphatic rings. The second-order valence-electron chi connectivity index (χ2n) is 10.4. The molecule has 1 atom stereocenters. The number of aromatic carboxylic acids is 1. The molecule has 0 aromatic heterocycles. The Kier molecular flexibility index (Phi) is 6.60. The van der Waals surface area contributed by atoms with Crippen LogP contribution in [-0.2, 0) is 4.74 Å². The average molecular weight is 479 g/mol. The summed E-state index contributed by atoms with van der Waals surface area (Å²) in [6.07, 6.45) is 1.27. The van der Waals surface area contributed by atoms with Gasteiger partial charge in [-0.2, -0.15) is 0 Å². The number of likely N-dealkylation sites (tertiary alicyclic amines) is 1. The molecule has 1 saturated heterocycles. The van der Waals surface area contributed by atoms with Crippen LogP contribution in [0.25, 0.3) is 0 Å². The Hall–Kier alpha value is -3.39. The van der Waals surface area contributed by atoms with Crippen molar-refractivity contribution in [3.63, 3.8) is 0 Å². The fourth-order valence-electron chi connectivity index (χ4n) is 4.77. The lowest BCUT2D eigenvalue weighted by molar-refractivity contribution is 0.0123. The summed E-state index contributed by atoms with van der Waals surface area (Å²) in [5.41, 5.74) is 2.33. The number of fused-ring (bicyclic) bond motifs is 1. The molecule has 2 heterocycles. The number of piperidine rings is 1. The lowest BCUT2D eigenvalue weighted by Gasteiger charge is -2.49. The highest BCUT2D eigenvalue weighted by Crippen LogP contribution is 2.39. The Labute approximate surface area is 206 Å². The molecule has 4 rings (SSSR count). The fourth-order valence-corrected chi connectivity index (χ4v) is 4.77. The van der Waals surface area contributed by atoms with Crippen LogP contribution in [0.15, 0.2) is 53.5 Å². The molecule has 1 unspecified atom stereocenters. The van der Waals surface area contributed by atoms with Crippen molar-refractivity contribution in [2.75, 3.05) is 25.5 Å². The highest BCUT2D eigenvalue weighted by molar-refractivity contribution is 6.12. The number of hydrogen-bond acceptors (Lipinski definition) is 6. The minimum Gasteiger partial charge on any atom is -0.478 e. The maximum absolute atomic E-state index is 12.6. The number of nitrogens with zero attached hydrogens (tertiary/aromatic N) is 3. The van der Waals surface area contributed by atoms with Gasteiger partial charge in [0.1, 0.15) is 11.3 Å². The monoisotopic (exact) mass is 478 g/mol. The molecular weight excluding hydrogens is 444 g/mol. The molecule has 1 fully saturated rings. The molecule has 35 heavy (non-hydrogen) atoms. The summed E-state index contributed by atoms with van der Waals surface area (Å²) in [6, 6.07) is 15.1. The van der Waals surface area contributed by atoms with E-state index >= 15 is 0 Å². The van der Waals surface area contributed by atoms with Crippen molar-refractivity contribution < 1.29 is 19.4 Å². The number of carbonyl (C=O) groups excluding carboxylic acids is 1. The fraction of sp³-hybridized carbons (Fsp3) is 0.444. The number of benzene rings is 2. The maximum atomic E-state index is 12.6. The highest BCUT2D eigenvalue weighted by Gasteiger charge is 2.43. The van der Waals surface area contributed by atoms with Crippen LogP contribution in [0.5, 0.6) is 0 Å². The number of hydrogen-bond donors (Lipinski definition) is 2. The summed E-state index contributed by atoms with van der Waals surface area (Å²) in [5, 5.41) is 13.1. The van der Waals surface area contributed by atoms with Crippen LogP contribution in [0.2, 0.25) is 0 Å². The van der Waals surface area contributed by atoms with E-state index in [0.29, 0.717) is 11.4 Å². The van der Waals surface area contributed by atoms with Crippen molar-refractivity contribution in [3.05, 3.63) is 59.7 Å². The molecule has 2 N–H and O–H groups in total. The summed E-state index contributed by atoms with van der Waals surface area (Å²) >= 11 is 0. The van der Waals surface area contributed by atoms with E-state index in [0.717, 1.165) is 37.2 Å². The summed E-state index contributed by atoms with van der Waals surface area (Å²) in [6.45, 7) is 9.17. The molecule has 0 radical (unpaired) electrons. The number of carbonyl (C=O) groups is 2. The predicted molar refractivity (Wildman–Crippen MR) is 137 cm³/mol. The first-order valence-electron chi connectivity index (χ1n) is 12.0. The summed E-state index contributed by atoms with van der Waals surface area (Å²) in [4.78, 5) is 33.2. The number of carboxylic acid groups (broad SMARTS) is 1. The van der Waals surface area contributed by atoms with Crippen molar-refractivity contribution in [3.8, 4) is 0 Å². The molecule has 2 aromatic rings. The second-order valence-corrected chi connectivity index (χ2v) is 10.4. The Bertz CT molecular complexity index is 1130. The minimum atomic E-state index is -0.972. The van der Waals surface area contributed by atoms with Crippen LogP contribution < -0.4 is 5.32 Å². The topological polar surface area (TPSA) is 94.5 Å². The molecule has 8 heteroatoms. The van der Waals surface area contributed by atoms with Gasteiger partial charge in [-0.05, 0) is 64.3 Å². The van der Waals surface area contributed by atoms with E-state index in [-0.39, 0.29) is 17.7 Å². The van der Waals surface area contributed by atoms with Crippen molar-refractivity contribution in [2.45, 2.75) is 57.8 Å². The number of carboxylic acids is 1. The van der Waals surface area contributed by atoms with E-state index in [1.807, 2.05) is 51.1 Å². The standard InChI is InChI=1S/C27H34N4O4/c1-26(2,3)35-25(34)30(5)20-13-15-31(16-14-20)27(4)23(18-9-7-6-8-10-18)28-21-12-11-19(24(32)33)17-22(21)29-27/h6-12,17,20,29H,13-16H2,1-5H3,(H,32,33). The van der Waals surface area contributed by atoms with Crippen LogP contribution >= 0.6 is 0 Å². The van der Waals surface area contributed by atoms with Crippen LogP contribution in [-0.4, -0.2) is 70.1 Å². The Morgan fingerprint density at radius 3 is 2.40 bits per heavy atom. The number of nitrogens with one attached hydrogen (secondary N) is 1. The highest BCUT2D eigenvalue weighted by atomic mass is 16.6. The van der Waals surface area contributed by atoms with E-state index in [2.05, 4.69) is 17.1 Å². The van der Waals surface area contributed by atoms with E-state index in [9.17, 15) is 14.7 Å². The number of amides is 1. The molecule has 2 aromatic carbocycles. The second kappa shape index (κ2) is 9.34. The van der Waals surface area contributed by atoms with Gasteiger partial charge >= 0.3 is 12.1 Å². The first kappa shape index (κ1) is 24.7. The van der Waals surface area contributed by atoms with Crippen LogP contribution in [0.1, 0.15) is 56.5 Å². The number of rotatable bonds is 4. The normalized spacial score (nSPS) is 20.9. The van der Waals surface area contributed by atoms with E-state index in [4.69, 9.17) is 9.73 Å². The largest absolute Gasteiger partial charge is 0.478 e. The van der Waals surface area contributed by atoms with Crippen molar-refractivity contribution in [2.24, 2.45) is 4.99 Å². The van der Waals surface area contributed by atoms with Gasteiger partial charge in [0, 0.05) is 26.2 Å². The molecule has 2 aliphatic heterocycles. The Balaban J connectivity index is 1.60. The SMILES string of the molecule is CN(C(=O)OC(C)(C)C)C1CCN(C2(C)Nc3cc(C(=O)O)ccc3N=C2c2ccccc2)CC1. The molecular formula is C27H34N4O4. The Morgan fingerprint density at radius 2 is 1.80 bits per heavy atom. The van der Waals surface area contributed by atoms with Crippen molar-refractivity contribution >= 4 is 29.1 Å². The van der Waals surface area contributed by atoms with E-state index in [1.165, 1.54) is 0 Å². The molecule has 1 amide bonds. The first-order valence-corrected chi connectivity index (χ1v) is 12.0. The van der Waals surface area contributed by atoms with Crippen molar-refractivity contribution in [1.29, 1.82) is 0 Å². The number of anilines is 1. The van der Waals surface area contributed by atoms with E-state index < -0.39 is 17.2 Å². The van der Waals surface area contributed by atoms with Gasteiger partial charge in [-0.1, -0.05) is 30.3 Å². The molecule has 0 aliphatic carbocycles. The first-order chi connectivity index (χ1) is 16.5. The van der Waals surface area contributed by atoms with E-state index in [1.54, 1.807) is 30.1 Å². The number of aliphatic imine (C=N–C) groups is 1. The minimum absolute atomic E-state index is 0.0799. The zero-order valence-electron chi connectivity index (χ0n) is 21.0. The van der Waals surface area contributed by atoms with Crippen LogP contribution in [0, 0.1) is 0 Å².